The number of aryl methyl sites for hydroxylation is 1. The molecule has 0 bridgehead atoms. The average molecular weight is 731 g/mol. The molecule has 274 valence electrons. The van der Waals surface area contributed by atoms with Crippen LogP contribution in [0.2, 0.25) is 0 Å². The van der Waals surface area contributed by atoms with Gasteiger partial charge in [-0.1, -0.05) is 6.07 Å². The molecule has 4 aliphatic rings. The summed E-state index contributed by atoms with van der Waals surface area (Å²) in [5.41, 5.74) is 1.90. The van der Waals surface area contributed by atoms with Gasteiger partial charge in [-0.3, -0.25) is 4.90 Å². The number of rotatable bonds is 5. The summed E-state index contributed by atoms with van der Waals surface area (Å²) >= 11 is 1.88. The van der Waals surface area contributed by atoms with Crippen LogP contribution in [0.1, 0.15) is 83.6 Å². The minimum atomic E-state index is -3.12. The van der Waals surface area contributed by atoms with Crippen molar-refractivity contribution < 1.29 is 32.2 Å². The SMILES string of the molecule is Cc1cc(C2CN(CSC3CCN(C(=O)OC(C)(C)C)C3)C2)cc2c1O[C@H](C)c1c(N3CCS(=O)(=O)CC3)ncnc1N2C(=O)OC(C)(C)C. The van der Waals surface area contributed by atoms with Crippen molar-refractivity contribution in [3.8, 4) is 5.75 Å². The number of hydrogen-bond acceptors (Lipinski definition) is 12. The monoisotopic (exact) mass is 730 g/mol. The Morgan fingerprint density at radius 3 is 2.24 bits per heavy atom. The van der Waals surface area contributed by atoms with Gasteiger partial charge in [0.05, 0.1) is 22.8 Å². The highest BCUT2D eigenvalue weighted by Crippen LogP contribution is 2.48. The van der Waals surface area contributed by atoms with E-state index in [1.54, 1.807) is 0 Å². The van der Waals surface area contributed by atoms with E-state index in [4.69, 9.17) is 14.2 Å². The summed E-state index contributed by atoms with van der Waals surface area (Å²) in [6.45, 7) is 18.8. The third kappa shape index (κ3) is 8.09. The Kier molecular flexibility index (Phi) is 9.98. The van der Waals surface area contributed by atoms with E-state index in [0.29, 0.717) is 60.1 Å². The lowest BCUT2D eigenvalue weighted by atomic mass is 9.90. The molecular formula is C35H50N6O7S2. The summed E-state index contributed by atoms with van der Waals surface area (Å²) < 4.78 is 42.6. The van der Waals surface area contributed by atoms with Crippen LogP contribution in [0.15, 0.2) is 18.5 Å². The van der Waals surface area contributed by atoms with Gasteiger partial charge in [-0.2, -0.15) is 0 Å². The maximum atomic E-state index is 14.1. The first-order valence-electron chi connectivity index (χ1n) is 17.3. The van der Waals surface area contributed by atoms with Crippen molar-refractivity contribution in [2.24, 2.45) is 0 Å². The van der Waals surface area contributed by atoms with E-state index in [9.17, 15) is 18.0 Å². The van der Waals surface area contributed by atoms with Crippen LogP contribution in [-0.2, 0) is 19.3 Å². The predicted octanol–water partition coefficient (Wildman–Crippen LogP) is 5.65. The first-order chi connectivity index (χ1) is 23.4. The number of likely N-dealkylation sites (tertiary alicyclic amines) is 2. The van der Waals surface area contributed by atoms with Gasteiger partial charge in [-0.25, -0.2) is 32.9 Å². The second-order valence-electron chi connectivity index (χ2n) is 15.7. The van der Waals surface area contributed by atoms with Crippen molar-refractivity contribution in [2.45, 2.75) is 90.3 Å². The van der Waals surface area contributed by atoms with Crippen molar-refractivity contribution >= 4 is 51.1 Å². The Balaban J connectivity index is 1.22. The van der Waals surface area contributed by atoms with Crippen LogP contribution >= 0.6 is 11.8 Å². The van der Waals surface area contributed by atoms with Crippen LogP contribution in [0.4, 0.5) is 26.9 Å². The molecule has 4 aliphatic heterocycles. The fourth-order valence-electron chi connectivity index (χ4n) is 6.73. The van der Waals surface area contributed by atoms with E-state index in [1.165, 1.54) is 11.2 Å². The smallest absolute Gasteiger partial charge is 0.420 e. The van der Waals surface area contributed by atoms with E-state index in [2.05, 4.69) is 20.9 Å². The number of carbonyl (C=O) groups excluding carboxylic acids is 2. The largest absolute Gasteiger partial charge is 0.483 e. The molecule has 3 saturated heterocycles. The van der Waals surface area contributed by atoms with Crippen molar-refractivity contribution in [2.75, 3.05) is 66.5 Å². The number of carbonyl (C=O) groups is 2. The number of amides is 2. The number of fused-ring (bicyclic) bond motifs is 2. The van der Waals surface area contributed by atoms with Crippen LogP contribution in [0, 0.1) is 6.92 Å². The van der Waals surface area contributed by atoms with Crippen molar-refractivity contribution in [3.05, 3.63) is 35.2 Å². The maximum absolute atomic E-state index is 14.1. The van der Waals surface area contributed by atoms with Gasteiger partial charge in [0.25, 0.3) is 0 Å². The molecule has 2 aromatic rings. The number of thioether (sulfide) groups is 1. The van der Waals surface area contributed by atoms with Gasteiger partial charge in [-0.05, 0) is 79.0 Å². The molecule has 50 heavy (non-hydrogen) atoms. The molecular weight excluding hydrogens is 681 g/mol. The molecule has 2 atom stereocenters. The number of ether oxygens (including phenoxy) is 3. The Labute approximate surface area is 299 Å². The molecule has 2 amide bonds. The van der Waals surface area contributed by atoms with E-state index in [-0.39, 0.29) is 23.5 Å². The molecule has 1 unspecified atom stereocenters. The summed E-state index contributed by atoms with van der Waals surface area (Å²) in [6.07, 6.45) is 1.02. The number of aromatic nitrogens is 2. The fourth-order valence-corrected chi connectivity index (χ4v) is 9.12. The van der Waals surface area contributed by atoms with Crippen LogP contribution in [0.3, 0.4) is 0 Å². The van der Waals surface area contributed by atoms with Crippen LogP contribution in [-0.4, -0.2) is 113 Å². The quantitative estimate of drug-likeness (QED) is 0.377. The van der Waals surface area contributed by atoms with Crippen LogP contribution < -0.4 is 14.5 Å². The van der Waals surface area contributed by atoms with E-state index < -0.39 is 33.2 Å². The zero-order chi connectivity index (χ0) is 36.2. The highest BCUT2D eigenvalue weighted by Gasteiger charge is 2.40. The molecule has 1 aromatic heterocycles. The molecule has 0 radical (unpaired) electrons. The number of sulfone groups is 1. The van der Waals surface area contributed by atoms with Crippen LogP contribution in [0.5, 0.6) is 5.75 Å². The summed E-state index contributed by atoms with van der Waals surface area (Å²) in [5.74, 6) is 2.69. The summed E-state index contributed by atoms with van der Waals surface area (Å²) in [4.78, 5) is 43.5. The first kappa shape index (κ1) is 36.5. The van der Waals surface area contributed by atoms with Crippen molar-refractivity contribution in [1.29, 1.82) is 0 Å². The summed E-state index contributed by atoms with van der Waals surface area (Å²) in [5, 5.41) is 0.374. The Morgan fingerprint density at radius 1 is 0.940 bits per heavy atom. The lowest BCUT2D eigenvalue weighted by Gasteiger charge is -2.40. The maximum Gasteiger partial charge on any atom is 0.420 e. The third-order valence-electron chi connectivity index (χ3n) is 9.21. The number of benzene rings is 1. The highest BCUT2D eigenvalue weighted by molar-refractivity contribution is 7.99. The molecule has 0 saturated carbocycles. The lowest BCUT2D eigenvalue weighted by molar-refractivity contribution is 0.0295. The molecule has 13 nitrogen and oxygen atoms in total. The molecule has 6 rings (SSSR count). The summed E-state index contributed by atoms with van der Waals surface area (Å²) in [6, 6.07) is 4.16. The fraction of sp³-hybridized carbons (Fsp3) is 0.657. The van der Waals surface area contributed by atoms with Gasteiger partial charge in [0.2, 0.25) is 0 Å². The topological polar surface area (TPSA) is 135 Å². The Bertz CT molecular complexity index is 1720. The number of anilines is 3. The molecule has 5 heterocycles. The second-order valence-corrected chi connectivity index (χ2v) is 19.3. The zero-order valence-corrected chi connectivity index (χ0v) is 32.0. The molecule has 0 spiro atoms. The first-order valence-corrected chi connectivity index (χ1v) is 20.2. The van der Waals surface area contributed by atoms with Gasteiger partial charge in [0.15, 0.2) is 15.7 Å². The van der Waals surface area contributed by atoms with E-state index >= 15 is 0 Å². The lowest BCUT2D eigenvalue weighted by Crippen LogP contribution is -2.45. The van der Waals surface area contributed by atoms with E-state index in [0.717, 1.165) is 36.5 Å². The van der Waals surface area contributed by atoms with Gasteiger partial charge < -0.3 is 24.0 Å². The molecule has 0 N–H and O–H groups in total. The third-order valence-corrected chi connectivity index (χ3v) is 12.2. The molecule has 1 aromatic carbocycles. The standard InChI is InChI=1S/C35H50N6O7S2/c1-22-15-24(25-17-38(18-25)21-49-26-9-10-40(19-26)32(42)47-34(3,4)5)16-27-29(22)46-23(2)28-30(39-11-13-50(44,45)14-12-39)36-20-37-31(28)41(27)33(43)48-35(6,7)8/h15-16,20,23,25-26H,9-14,17-19,21H2,1-8H3/t23-,26?/m1/s1. The van der Waals surface area contributed by atoms with Crippen molar-refractivity contribution in [3.63, 3.8) is 0 Å². The van der Waals surface area contributed by atoms with Gasteiger partial charge in [-0.15, -0.1) is 11.8 Å². The normalized spacial score (nSPS) is 22.6. The summed E-state index contributed by atoms with van der Waals surface area (Å²) in [7, 11) is -3.12. The predicted molar refractivity (Wildman–Crippen MR) is 194 cm³/mol. The number of nitrogens with zero attached hydrogens (tertiary/aromatic N) is 6. The van der Waals surface area contributed by atoms with Crippen LogP contribution in [0.25, 0.3) is 0 Å². The Hall–Kier alpha value is -3.30. The molecule has 0 aliphatic carbocycles. The van der Waals surface area contributed by atoms with Gasteiger partial charge in [0, 0.05) is 56.3 Å². The van der Waals surface area contributed by atoms with E-state index in [1.807, 2.05) is 83.0 Å². The second kappa shape index (κ2) is 13.7. The number of hydrogen-bond donors (Lipinski definition) is 0. The molecule has 15 heteroatoms. The molecule has 3 fully saturated rings. The minimum absolute atomic E-state index is 0.0293. The van der Waals surface area contributed by atoms with Crippen molar-refractivity contribution in [1.82, 2.24) is 19.8 Å². The minimum Gasteiger partial charge on any atom is -0.483 e. The average Bonchev–Trinajstić information content (AvgIpc) is 3.41. The Morgan fingerprint density at radius 2 is 1.58 bits per heavy atom. The highest BCUT2D eigenvalue weighted by atomic mass is 32.2. The van der Waals surface area contributed by atoms with Gasteiger partial charge >= 0.3 is 12.2 Å². The zero-order valence-electron chi connectivity index (χ0n) is 30.4. The van der Waals surface area contributed by atoms with Gasteiger partial charge in [0.1, 0.15) is 35.2 Å².